The Labute approximate surface area is 457 Å². The van der Waals surface area contributed by atoms with E-state index in [-0.39, 0.29) is 44.4 Å². The average Bonchev–Trinajstić information content (AvgIpc) is 4.12. The zero-order valence-corrected chi connectivity index (χ0v) is 51.3. The summed E-state index contributed by atoms with van der Waals surface area (Å²) in [6, 6.07) is 16.1. The standard InChI is InChI=1S/C18H24O2.C16H22OS.C12H19NO.C10H18O.C10H20O/c1-13-5-7-14(8-6-13)11-15(19)18(9-10-18)16(20)12-17(2,3)4;1-12-5-7-13(8-6-12)9-14(17)10-15(18)11-16(2,3)4;1-9-5-10(13-8-9)6-11(14)7-12(2,3)4;1-10(2,3)7-9(11)6-8-4-5-8;1-8(2)6-9(11)7-10(3,4)5/h5-8H,9-12H2,1-4H3;5-8H,9-11H2,1-4H3;5H,6-8H2,1-4H3;8H,4-7H2,1-3H3;8H,6-7H2,1-5H3. The van der Waals surface area contributed by atoms with Crippen molar-refractivity contribution in [3.05, 3.63) is 82.4 Å². The summed E-state index contributed by atoms with van der Waals surface area (Å²) in [5, 5.41) is 0. The van der Waals surface area contributed by atoms with Crippen molar-refractivity contribution >= 4 is 57.5 Å². The Morgan fingerprint density at radius 1 is 0.541 bits per heavy atom. The van der Waals surface area contributed by atoms with Crippen molar-refractivity contribution in [2.24, 2.45) is 49.3 Å². The van der Waals surface area contributed by atoms with Crippen LogP contribution in [0.1, 0.15) is 230 Å². The van der Waals surface area contributed by atoms with Crippen LogP contribution in [-0.2, 0) is 41.6 Å². The number of nitrogens with zero attached hydrogens (tertiary/aromatic N) is 1. The SMILES string of the molecule is CC(C)(C)CC(=O)CC1CC1.CC(C)CC(=O)CC(C)(C)C.CC1=CC(CC(=O)CC(C)(C)C)=NC1.Cc1ccc(CC(=O)C2(C(=O)CC(C)(C)C)CC2)cc1.Cc1ccc(CC(=O)CC(=S)CC(C)(C)C)cc1. The quantitative estimate of drug-likeness (QED) is 0.102. The summed E-state index contributed by atoms with van der Waals surface area (Å²) in [6.45, 7) is 42.6. The highest BCUT2D eigenvalue weighted by molar-refractivity contribution is 7.80. The van der Waals surface area contributed by atoms with E-state index in [0.717, 1.165) is 72.7 Å². The normalized spacial score (nSPS) is 15.0. The molecule has 414 valence electrons. The highest BCUT2D eigenvalue weighted by atomic mass is 32.1. The summed E-state index contributed by atoms with van der Waals surface area (Å²) < 4.78 is 0. The Morgan fingerprint density at radius 2 is 0.959 bits per heavy atom. The monoisotopic (exact) mass is 1040 g/mol. The van der Waals surface area contributed by atoms with Gasteiger partial charge in [-0.15, -0.1) is 0 Å². The van der Waals surface area contributed by atoms with Gasteiger partial charge in [0.25, 0.3) is 0 Å². The predicted molar refractivity (Wildman–Crippen MR) is 317 cm³/mol. The Bertz CT molecular complexity index is 2190. The molecule has 0 bridgehead atoms. The van der Waals surface area contributed by atoms with E-state index in [0.29, 0.717) is 68.2 Å². The molecule has 0 unspecified atom stereocenters. The summed E-state index contributed by atoms with van der Waals surface area (Å²) >= 11 is 5.29. The molecule has 2 aromatic carbocycles. The molecular weight excluding hydrogens is 935 g/mol. The van der Waals surface area contributed by atoms with Crippen LogP contribution >= 0.6 is 12.2 Å². The molecule has 2 aliphatic carbocycles. The number of carbonyl (C=O) groups excluding carboxylic acids is 6. The van der Waals surface area contributed by atoms with E-state index in [2.05, 4.69) is 102 Å². The van der Waals surface area contributed by atoms with Crippen molar-refractivity contribution in [3.63, 3.8) is 0 Å². The molecule has 74 heavy (non-hydrogen) atoms. The van der Waals surface area contributed by atoms with Crippen LogP contribution in [0, 0.1) is 58.2 Å². The van der Waals surface area contributed by atoms with Gasteiger partial charge in [-0.3, -0.25) is 33.8 Å². The number of aryl methyl sites for hydroxylation is 2. The van der Waals surface area contributed by atoms with Gasteiger partial charge in [0.2, 0.25) is 0 Å². The second kappa shape index (κ2) is 30.0. The van der Waals surface area contributed by atoms with Gasteiger partial charge in [0, 0.05) is 74.8 Å². The van der Waals surface area contributed by atoms with Gasteiger partial charge >= 0.3 is 0 Å². The molecule has 0 saturated heterocycles. The zero-order chi connectivity index (χ0) is 57.0. The fourth-order valence-electron chi connectivity index (χ4n) is 8.41. The van der Waals surface area contributed by atoms with Gasteiger partial charge in [-0.25, -0.2) is 0 Å². The van der Waals surface area contributed by atoms with Crippen LogP contribution in [0.2, 0.25) is 0 Å². The van der Waals surface area contributed by atoms with Gasteiger partial charge in [0.1, 0.15) is 28.9 Å². The number of hydrogen-bond acceptors (Lipinski definition) is 8. The molecule has 3 aliphatic rings. The summed E-state index contributed by atoms with van der Waals surface area (Å²) in [7, 11) is 0. The van der Waals surface area contributed by atoms with Gasteiger partial charge in [0.15, 0.2) is 5.78 Å². The number of ketones is 6. The van der Waals surface area contributed by atoms with Crippen LogP contribution in [-0.4, -0.2) is 51.8 Å². The first-order chi connectivity index (χ1) is 33.6. The molecule has 2 aromatic rings. The molecule has 0 radical (unpaired) electrons. The van der Waals surface area contributed by atoms with Crippen LogP contribution in [0.3, 0.4) is 0 Å². The maximum absolute atomic E-state index is 12.5. The Balaban J connectivity index is 0.000000472. The van der Waals surface area contributed by atoms with Gasteiger partial charge in [-0.1, -0.05) is 195 Å². The number of carbonyl (C=O) groups is 6. The molecular formula is C66H103NO6S. The van der Waals surface area contributed by atoms with E-state index in [1.54, 1.807) is 0 Å². The van der Waals surface area contributed by atoms with Crippen LogP contribution in [0.4, 0.5) is 0 Å². The zero-order valence-electron chi connectivity index (χ0n) is 50.5. The topological polar surface area (TPSA) is 115 Å². The third-order valence-corrected chi connectivity index (χ3v) is 12.3. The summed E-state index contributed by atoms with van der Waals surface area (Å²) in [6.07, 6.45) is 12.9. The molecule has 1 aliphatic heterocycles. The van der Waals surface area contributed by atoms with Crippen molar-refractivity contribution < 1.29 is 28.8 Å². The lowest BCUT2D eigenvalue weighted by Gasteiger charge is -2.21. The van der Waals surface area contributed by atoms with E-state index >= 15 is 0 Å². The van der Waals surface area contributed by atoms with Crippen molar-refractivity contribution in [2.45, 2.75) is 235 Å². The van der Waals surface area contributed by atoms with Crippen molar-refractivity contribution in [2.75, 3.05) is 6.54 Å². The maximum atomic E-state index is 12.5. The first kappa shape index (κ1) is 68.0. The van der Waals surface area contributed by atoms with E-state index in [9.17, 15) is 28.8 Å². The molecule has 1 heterocycles. The van der Waals surface area contributed by atoms with E-state index in [1.807, 2.05) is 96.1 Å². The molecule has 8 heteroatoms. The smallest absolute Gasteiger partial charge is 0.150 e. The first-order valence-electron chi connectivity index (χ1n) is 27.6. The molecule has 0 amide bonds. The number of aliphatic imine (C=N–C) groups is 1. The highest BCUT2D eigenvalue weighted by Crippen LogP contribution is 2.50. The minimum Gasteiger partial charge on any atom is -0.300 e. The van der Waals surface area contributed by atoms with Gasteiger partial charge in [0.05, 0.1) is 12.0 Å². The largest absolute Gasteiger partial charge is 0.300 e. The molecule has 0 atom stereocenters. The van der Waals surface area contributed by atoms with Crippen LogP contribution in [0.5, 0.6) is 0 Å². The van der Waals surface area contributed by atoms with Crippen molar-refractivity contribution in [1.82, 2.24) is 0 Å². The van der Waals surface area contributed by atoms with Gasteiger partial charge in [-0.05, 0) is 109 Å². The molecule has 0 spiro atoms. The Hall–Kier alpha value is -4.04. The van der Waals surface area contributed by atoms with Crippen LogP contribution in [0.25, 0.3) is 0 Å². The minimum atomic E-state index is -0.655. The lowest BCUT2D eigenvalue weighted by atomic mass is 9.81. The van der Waals surface area contributed by atoms with Crippen LogP contribution < -0.4 is 0 Å². The summed E-state index contributed by atoms with van der Waals surface area (Å²) in [4.78, 5) is 76.2. The van der Waals surface area contributed by atoms with Crippen molar-refractivity contribution in [1.29, 1.82) is 0 Å². The van der Waals surface area contributed by atoms with E-state index in [1.165, 1.54) is 29.5 Å². The second-order valence-electron chi connectivity index (χ2n) is 28.5. The molecule has 5 rings (SSSR count). The number of allylic oxidation sites excluding steroid dienone is 1. The molecule has 2 saturated carbocycles. The lowest BCUT2D eigenvalue weighted by molar-refractivity contribution is -0.135. The number of Topliss-reactive ketones (excluding diaryl/α,β-unsaturated/α-hetero) is 6. The Kier molecular flexibility index (Phi) is 27.6. The molecule has 0 aromatic heterocycles. The minimum absolute atomic E-state index is 0.0448. The van der Waals surface area contributed by atoms with Crippen molar-refractivity contribution in [3.8, 4) is 0 Å². The number of rotatable bonds is 19. The fourth-order valence-corrected chi connectivity index (χ4v) is 9.01. The first-order valence-corrected chi connectivity index (χ1v) is 28.0. The maximum Gasteiger partial charge on any atom is 0.150 e. The lowest BCUT2D eigenvalue weighted by Crippen LogP contribution is -2.30. The van der Waals surface area contributed by atoms with Gasteiger partial charge < -0.3 is 0 Å². The predicted octanol–water partition coefficient (Wildman–Crippen LogP) is 16.8. The number of hydrogen-bond donors (Lipinski definition) is 0. The summed E-state index contributed by atoms with van der Waals surface area (Å²) in [5.41, 5.74) is 6.60. The third-order valence-electron chi connectivity index (χ3n) is 12.0. The Morgan fingerprint density at radius 3 is 1.34 bits per heavy atom. The van der Waals surface area contributed by atoms with Crippen LogP contribution in [0.15, 0.2) is 65.2 Å². The molecule has 7 nitrogen and oxygen atoms in total. The van der Waals surface area contributed by atoms with Gasteiger partial charge in [-0.2, -0.15) is 0 Å². The number of benzene rings is 2. The highest BCUT2D eigenvalue weighted by Gasteiger charge is 2.55. The molecule has 0 N–H and O–H groups in total. The summed E-state index contributed by atoms with van der Waals surface area (Å²) in [5.74, 6) is 2.87. The fraction of sp³-hybridized carbons (Fsp3) is 0.667. The van der Waals surface area contributed by atoms with E-state index < -0.39 is 5.41 Å². The number of thiocarbonyl (C=S) groups is 1. The third kappa shape index (κ3) is 34.5. The average molecular weight is 1040 g/mol. The second-order valence-corrected chi connectivity index (χ2v) is 29.1. The molecule has 2 fully saturated rings. The van der Waals surface area contributed by atoms with E-state index in [4.69, 9.17) is 12.2 Å².